The van der Waals surface area contributed by atoms with Crippen molar-refractivity contribution >= 4 is 17.5 Å². The molecule has 0 spiro atoms. The van der Waals surface area contributed by atoms with Gasteiger partial charge in [0, 0.05) is 24.3 Å². The first-order chi connectivity index (χ1) is 9.62. The van der Waals surface area contributed by atoms with Crippen LogP contribution in [0.1, 0.15) is 23.7 Å². The number of hydrogen-bond acceptors (Lipinski definition) is 4. The second-order valence-corrected chi connectivity index (χ2v) is 4.39. The molecule has 1 aromatic carbocycles. The number of rotatable bonds is 7. The van der Waals surface area contributed by atoms with Crippen LogP contribution in [0.25, 0.3) is 0 Å². The lowest BCUT2D eigenvalue weighted by molar-refractivity contribution is -0.119. The second kappa shape index (κ2) is 8.29. The van der Waals surface area contributed by atoms with Gasteiger partial charge in [0.05, 0.1) is 12.5 Å². The number of amides is 2. The van der Waals surface area contributed by atoms with Crippen molar-refractivity contribution in [3.63, 3.8) is 0 Å². The molecule has 1 atom stereocenters. The average molecular weight is 279 g/mol. The van der Waals surface area contributed by atoms with Crippen molar-refractivity contribution in [3.05, 3.63) is 29.8 Å². The van der Waals surface area contributed by atoms with Gasteiger partial charge in [0.25, 0.3) is 5.91 Å². The van der Waals surface area contributed by atoms with E-state index in [1.807, 2.05) is 6.92 Å². The topological polar surface area (TPSA) is 104 Å². The summed E-state index contributed by atoms with van der Waals surface area (Å²) in [5.74, 6) is -0.583. The van der Waals surface area contributed by atoms with Gasteiger partial charge in [0.2, 0.25) is 5.91 Å². The standard InChI is InChI=1S/C14H21N3O3/c1-2-10(9-15)14(20)17-12-5-3-11(4-6-12)13(19)16-7-8-18/h3-6,10,18H,2,7-9,15H2,1H3,(H,16,19)(H,17,20). The SMILES string of the molecule is CCC(CN)C(=O)Nc1ccc(C(=O)NCCO)cc1. The molecule has 110 valence electrons. The Morgan fingerprint density at radius 1 is 1.30 bits per heavy atom. The summed E-state index contributed by atoms with van der Waals surface area (Å²) >= 11 is 0. The third-order valence-corrected chi connectivity index (χ3v) is 2.96. The van der Waals surface area contributed by atoms with Gasteiger partial charge in [-0.1, -0.05) is 6.92 Å². The maximum Gasteiger partial charge on any atom is 0.251 e. The van der Waals surface area contributed by atoms with Crippen LogP contribution < -0.4 is 16.4 Å². The minimum Gasteiger partial charge on any atom is -0.395 e. The average Bonchev–Trinajstić information content (AvgIpc) is 2.46. The first-order valence-corrected chi connectivity index (χ1v) is 6.62. The van der Waals surface area contributed by atoms with E-state index in [0.29, 0.717) is 24.2 Å². The monoisotopic (exact) mass is 279 g/mol. The summed E-state index contributed by atoms with van der Waals surface area (Å²) in [6.07, 6.45) is 0.685. The van der Waals surface area contributed by atoms with E-state index >= 15 is 0 Å². The van der Waals surface area contributed by atoms with Gasteiger partial charge in [0.1, 0.15) is 0 Å². The van der Waals surface area contributed by atoms with Crippen molar-refractivity contribution in [2.24, 2.45) is 11.7 Å². The van der Waals surface area contributed by atoms with E-state index in [9.17, 15) is 9.59 Å². The van der Waals surface area contributed by atoms with Gasteiger partial charge in [0.15, 0.2) is 0 Å². The Kier molecular flexibility index (Phi) is 6.69. The molecular weight excluding hydrogens is 258 g/mol. The van der Waals surface area contributed by atoms with Gasteiger partial charge in [-0.2, -0.15) is 0 Å². The van der Waals surface area contributed by atoms with E-state index in [-0.39, 0.29) is 30.9 Å². The summed E-state index contributed by atoms with van der Waals surface area (Å²) in [6.45, 7) is 2.33. The predicted octanol–water partition coefficient (Wildman–Crippen LogP) is 0.332. The van der Waals surface area contributed by atoms with Crippen molar-refractivity contribution in [1.29, 1.82) is 0 Å². The van der Waals surface area contributed by atoms with Crippen LogP contribution in [0.3, 0.4) is 0 Å². The quantitative estimate of drug-likeness (QED) is 0.577. The summed E-state index contributed by atoms with van der Waals surface area (Å²) in [5, 5.41) is 13.9. The summed E-state index contributed by atoms with van der Waals surface area (Å²) in [6, 6.07) is 6.56. The van der Waals surface area contributed by atoms with Crippen LogP contribution in [-0.2, 0) is 4.79 Å². The van der Waals surface area contributed by atoms with E-state index in [4.69, 9.17) is 10.8 Å². The Hall–Kier alpha value is -1.92. The van der Waals surface area contributed by atoms with Crippen LogP contribution in [0, 0.1) is 5.92 Å². The zero-order valence-electron chi connectivity index (χ0n) is 11.6. The Bertz CT molecular complexity index is 441. The lowest BCUT2D eigenvalue weighted by Crippen LogP contribution is -2.28. The smallest absolute Gasteiger partial charge is 0.251 e. The van der Waals surface area contributed by atoms with Crippen molar-refractivity contribution in [2.45, 2.75) is 13.3 Å². The minimum absolute atomic E-state index is 0.0998. The molecule has 20 heavy (non-hydrogen) atoms. The molecular formula is C14H21N3O3. The number of benzene rings is 1. The first-order valence-electron chi connectivity index (χ1n) is 6.62. The molecule has 1 unspecified atom stereocenters. The van der Waals surface area contributed by atoms with Crippen molar-refractivity contribution in [2.75, 3.05) is 25.0 Å². The number of aliphatic hydroxyl groups is 1. The maximum absolute atomic E-state index is 11.8. The summed E-state index contributed by atoms with van der Waals surface area (Å²) in [5.41, 5.74) is 6.61. The normalized spacial score (nSPS) is 11.8. The number of aliphatic hydroxyl groups excluding tert-OH is 1. The molecule has 0 aliphatic carbocycles. The van der Waals surface area contributed by atoms with Crippen molar-refractivity contribution < 1.29 is 14.7 Å². The molecule has 1 rings (SSSR count). The highest BCUT2D eigenvalue weighted by molar-refractivity contribution is 5.96. The number of nitrogens with two attached hydrogens (primary N) is 1. The van der Waals surface area contributed by atoms with E-state index in [2.05, 4.69) is 10.6 Å². The van der Waals surface area contributed by atoms with Gasteiger partial charge >= 0.3 is 0 Å². The van der Waals surface area contributed by atoms with Gasteiger partial charge in [-0.15, -0.1) is 0 Å². The zero-order chi connectivity index (χ0) is 15.0. The molecule has 0 aromatic heterocycles. The zero-order valence-corrected chi connectivity index (χ0v) is 11.6. The fourth-order valence-electron chi connectivity index (χ4n) is 1.68. The van der Waals surface area contributed by atoms with Gasteiger partial charge < -0.3 is 21.5 Å². The van der Waals surface area contributed by atoms with Crippen LogP contribution in [0.2, 0.25) is 0 Å². The number of nitrogens with one attached hydrogen (secondary N) is 2. The second-order valence-electron chi connectivity index (χ2n) is 4.39. The van der Waals surface area contributed by atoms with Crippen LogP contribution in [0.15, 0.2) is 24.3 Å². The number of anilines is 1. The van der Waals surface area contributed by atoms with Gasteiger partial charge in [-0.25, -0.2) is 0 Å². The van der Waals surface area contributed by atoms with Crippen LogP contribution in [0.4, 0.5) is 5.69 Å². The lowest BCUT2D eigenvalue weighted by Gasteiger charge is -2.12. The Morgan fingerprint density at radius 3 is 2.45 bits per heavy atom. The predicted molar refractivity (Wildman–Crippen MR) is 77.3 cm³/mol. The Labute approximate surface area is 118 Å². The molecule has 0 aliphatic heterocycles. The largest absolute Gasteiger partial charge is 0.395 e. The third-order valence-electron chi connectivity index (χ3n) is 2.96. The molecule has 6 heteroatoms. The Morgan fingerprint density at radius 2 is 1.95 bits per heavy atom. The van der Waals surface area contributed by atoms with Crippen LogP contribution in [-0.4, -0.2) is 36.6 Å². The summed E-state index contributed by atoms with van der Waals surface area (Å²) in [4.78, 5) is 23.4. The molecule has 0 saturated carbocycles. The molecule has 6 nitrogen and oxygen atoms in total. The minimum atomic E-state index is -0.259. The lowest BCUT2D eigenvalue weighted by atomic mass is 10.1. The molecule has 0 fully saturated rings. The van der Waals surface area contributed by atoms with E-state index in [1.54, 1.807) is 24.3 Å². The molecule has 0 heterocycles. The van der Waals surface area contributed by atoms with Crippen molar-refractivity contribution in [3.8, 4) is 0 Å². The molecule has 0 bridgehead atoms. The molecule has 0 saturated heterocycles. The summed E-state index contributed by atoms with van der Waals surface area (Å²) in [7, 11) is 0. The maximum atomic E-state index is 11.8. The van der Waals surface area contributed by atoms with E-state index < -0.39 is 0 Å². The summed E-state index contributed by atoms with van der Waals surface area (Å²) < 4.78 is 0. The van der Waals surface area contributed by atoms with Gasteiger partial charge in [-0.3, -0.25) is 9.59 Å². The fraction of sp³-hybridized carbons (Fsp3) is 0.429. The number of carbonyl (C=O) groups is 2. The molecule has 0 radical (unpaired) electrons. The highest BCUT2D eigenvalue weighted by Gasteiger charge is 2.14. The molecule has 2 amide bonds. The van der Waals surface area contributed by atoms with Gasteiger partial charge in [-0.05, 0) is 30.7 Å². The van der Waals surface area contributed by atoms with Crippen molar-refractivity contribution in [1.82, 2.24) is 5.32 Å². The highest BCUT2D eigenvalue weighted by atomic mass is 16.3. The third kappa shape index (κ3) is 4.64. The number of hydrogen-bond donors (Lipinski definition) is 4. The molecule has 0 aliphatic rings. The van der Waals surface area contributed by atoms with E-state index in [0.717, 1.165) is 0 Å². The molecule has 5 N–H and O–H groups in total. The van der Waals surface area contributed by atoms with Crippen LogP contribution >= 0.6 is 0 Å². The first kappa shape index (κ1) is 16.1. The molecule has 1 aromatic rings. The highest BCUT2D eigenvalue weighted by Crippen LogP contribution is 2.12. The fourth-order valence-corrected chi connectivity index (χ4v) is 1.68. The van der Waals surface area contributed by atoms with E-state index in [1.165, 1.54) is 0 Å². The number of carbonyl (C=O) groups excluding carboxylic acids is 2. The Balaban J connectivity index is 2.62. The van der Waals surface area contributed by atoms with Crippen LogP contribution in [0.5, 0.6) is 0 Å².